The Morgan fingerprint density at radius 3 is 2.93 bits per heavy atom. The fourth-order valence-electron chi connectivity index (χ4n) is 1.61. The molecule has 0 aliphatic carbocycles. The van der Waals surface area contributed by atoms with Crippen molar-refractivity contribution in [2.45, 2.75) is 17.9 Å². The molecule has 0 aromatic carbocycles. The third kappa shape index (κ3) is 2.96. The van der Waals surface area contributed by atoms with Crippen LogP contribution in [0.1, 0.15) is 12.8 Å². The number of aromatic nitrogens is 2. The Hall–Kier alpha value is -0.610. The SMILES string of the molecule is c1cnc(SCC2CCNCC2)cn1. The predicted octanol–water partition coefficient (Wildman–Crippen LogP) is 1.57. The first-order valence-electron chi connectivity index (χ1n) is 5.04. The second-order valence-electron chi connectivity index (χ2n) is 3.55. The summed E-state index contributed by atoms with van der Waals surface area (Å²) in [5, 5.41) is 4.42. The van der Waals surface area contributed by atoms with Crippen molar-refractivity contribution in [3.8, 4) is 0 Å². The molecular formula is C10H15N3S. The Kier molecular flexibility index (Phi) is 3.77. The Morgan fingerprint density at radius 1 is 1.36 bits per heavy atom. The maximum absolute atomic E-state index is 4.25. The summed E-state index contributed by atoms with van der Waals surface area (Å²) in [4.78, 5) is 8.30. The first-order valence-corrected chi connectivity index (χ1v) is 6.03. The lowest BCUT2D eigenvalue weighted by Crippen LogP contribution is -2.28. The molecule has 76 valence electrons. The normalized spacial score (nSPS) is 18.3. The van der Waals surface area contributed by atoms with E-state index in [1.807, 2.05) is 18.0 Å². The second kappa shape index (κ2) is 5.32. The number of nitrogens with one attached hydrogen (secondary N) is 1. The summed E-state index contributed by atoms with van der Waals surface area (Å²) in [5.74, 6) is 2.03. The lowest BCUT2D eigenvalue weighted by atomic mass is 10.0. The van der Waals surface area contributed by atoms with Crippen molar-refractivity contribution in [2.75, 3.05) is 18.8 Å². The number of piperidine rings is 1. The van der Waals surface area contributed by atoms with Crippen LogP contribution in [0.2, 0.25) is 0 Å². The molecule has 0 unspecified atom stereocenters. The van der Waals surface area contributed by atoms with Gasteiger partial charge in [0.2, 0.25) is 0 Å². The van der Waals surface area contributed by atoms with E-state index in [0.717, 1.165) is 10.9 Å². The summed E-state index contributed by atoms with van der Waals surface area (Å²) < 4.78 is 0. The highest BCUT2D eigenvalue weighted by molar-refractivity contribution is 7.99. The van der Waals surface area contributed by atoms with E-state index in [1.165, 1.54) is 31.7 Å². The van der Waals surface area contributed by atoms with Crippen LogP contribution in [0.15, 0.2) is 23.6 Å². The molecule has 4 heteroatoms. The molecule has 0 saturated carbocycles. The molecule has 0 bridgehead atoms. The van der Waals surface area contributed by atoms with Crippen molar-refractivity contribution in [1.29, 1.82) is 0 Å². The number of rotatable bonds is 3. The summed E-state index contributed by atoms with van der Waals surface area (Å²) in [6.07, 6.45) is 7.91. The number of hydrogen-bond acceptors (Lipinski definition) is 4. The van der Waals surface area contributed by atoms with Crippen LogP contribution in [0.3, 0.4) is 0 Å². The Balaban J connectivity index is 1.76. The van der Waals surface area contributed by atoms with E-state index in [2.05, 4.69) is 15.3 Å². The van der Waals surface area contributed by atoms with Gasteiger partial charge < -0.3 is 5.32 Å². The average molecular weight is 209 g/mol. The van der Waals surface area contributed by atoms with Crippen LogP contribution in [-0.4, -0.2) is 28.8 Å². The Labute approximate surface area is 88.7 Å². The van der Waals surface area contributed by atoms with Gasteiger partial charge in [0.1, 0.15) is 5.03 Å². The van der Waals surface area contributed by atoms with E-state index in [0.29, 0.717) is 0 Å². The fraction of sp³-hybridized carbons (Fsp3) is 0.600. The van der Waals surface area contributed by atoms with Gasteiger partial charge in [0.25, 0.3) is 0 Å². The lowest BCUT2D eigenvalue weighted by Gasteiger charge is -2.21. The molecule has 0 amide bonds. The highest BCUT2D eigenvalue weighted by Gasteiger charge is 2.13. The summed E-state index contributed by atoms with van der Waals surface area (Å²) in [6, 6.07) is 0. The zero-order valence-electron chi connectivity index (χ0n) is 8.15. The van der Waals surface area contributed by atoms with Gasteiger partial charge in [-0.25, -0.2) is 4.98 Å². The third-order valence-corrected chi connectivity index (χ3v) is 3.61. The first-order chi connectivity index (χ1) is 6.95. The minimum absolute atomic E-state index is 0.850. The molecule has 0 radical (unpaired) electrons. The second-order valence-corrected chi connectivity index (χ2v) is 4.59. The summed E-state index contributed by atoms with van der Waals surface area (Å²) in [7, 11) is 0. The van der Waals surface area contributed by atoms with Crippen LogP contribution >= 0.6 is 11.8 Å². The zero-order chi connectivity index (χ0) is 9.64. The van der Waals surface area contributed by atoms with Crippen LogP contribution in [0.5, 0.6) is 0 Å². The Bertz CT molecular complexity index is 259. The highest BCUT2D eigenvalue weighted by atomic mass is 32.2. The van der Waals surface area contributed by atoms with Gasteiger partial charge in [-0.15, -0.1) is 11.8 Å². The topological polar surface area (TPSA) is 37.8 Å². The van der Waals surface area contributed by atoms with Crippen molar-refractivity contribution in [3.63, 3.8) is 0 Å². The minimum atomic E-state index is 0.850. The van der Waals surface area contributed by atoms with Crippen LogP contribution in [-0.2, 0) is 0 Å². The first kappa shape index (κ1) is 9.93. The van der Waals surface area contributed by atoms with Gasteiger partial charge in [0.05, 0.1) is 6.20 Å². The summed E-state index contributed by atoms with van der Waals surface area (Å²) in [5.41, 5.74) is 0. The van der Waals surface area contributed by atoms with Gasteiger partial charge in [0, 0.05) is 18.1 Å². The van der Waals surface area contributed by atoms with Gasteiger partial charge in [-0.1, -0.05) is 0 Å². The summed E-state index contributed by atoms with van der Waals surface area (Å²) >= 11 is 1.83. The van der Waals surface area contributed by atoms with Crippen molar-refractivity contribution < 1.29 is 0 Å². The smallest absolute Gasteiger partial charge is 0.114 e. The Morgan fingerprint density at radius 2 is 2.21 bits per heavy atom. The molecule has 2 rings (SSSR count). The molecule has 1 fully saturated rings. The van der Waals surface area contributed by atoms with Crippen LogP contribution in [0.4, 0.5) is 0 Å². The quantitative estimate of drug-likeness (QED) is 0.767. The molecule has 0 atom stereocenters. The largest absolute Gasteiger partial charge is 0.317 e. The molecule has 1 aromatic rings. The van der Waals surface area contributed by atoms with E-state index in [9.17, 15) is 0 Å². The molecule has 1 N–H and O–H groups in total. The van der Waals surface area contributed by atoms with Crippen LogP contribution in [0.25, 0.3) is 0 Å². The zero-order valence-corrected chi connectivity index (χ0v) is 8.96. The minimum Gasteiger partial charge on any atom is -0.317 e. The van der Waals surface area contributed by atoms with Crippen molar-refractivity contribution in [1.82, 2.24) is 15.3 Å². The van der Waals surface area contributed by atoms with Gasteiger partial charge in [-0.05, 0) is 31.8 Å². The number of nitrogens with zero attached hydrogens (tertiary/aromatic N) is 2. The van der Waals surface area contributed by atoms with Gasteiger partial charge in [-0.2, -0.15) is 0 Å². The maximum Gasteiger partial charge on any atom is 0.114 e. The molecule has 1 aromatic heterocycles. The standard InChI is InChI=1S/C10H15N3S/c1-3-11-4-2-9(1)8-14-10-7-12-5-6-13-10/h5-7,9,11H,1-4,8H2. The average Bonchev–Trinajstić information content (AvgIpc) is 2.29. The van der Waals surface area contributed by atoms with Crippen molar-refractivity contribution >= 4 is 11.8 Å². The molecule has 3 nitrogen and oxygen atoms in total. The molecule has 1 aliphatic heterocycles. The van der Waals surface area contributed by atoms with E-state index < -0.39 is 0 Å². The molecule has 2 heterocycles. The van der Waals surface area contributed by atoms with Gasteiger partial charge in [0.15, 0.2) is 0 Å². The molecule has 14 heavy (non-hydrogen) atoms. The molecule has 1 saturated heterocycles. The fourth-order valence-corrected chi connectivity index (χ4v) is 2.62. The molecule has 0 spiro atoms. The third-order valence-electron chi connectivity index (χ3n) is 2.47. The molecule has 1 aliphatic rings. The van der Waals surface area contributed by atoms with Gasteiger partial charge >= 0.3 is 0 Å². The number of thioether (sulfide) groups is 1. The van der Waals surface area contributed by atoms with E-state index >= 15 is 0 Å². The predicted molar refractivity (Wildman–Crippen MR) is 58.3 cm³/mol. The van der Waals surface area contributed by atoms with E-state index in [-0.39, 0.29) is 0 Å². The van der Waals surface area contributed by atoms with Crippen molar-refractivity contribution in [2.24, 2.45) is 5.92 Å². The lowest BCUT2D eigenvalue weighted by molar-refractivity contribution is 0.408. The van der Waals surface area contributed by atoms with Crippen LogP contribution in [0, 0.1) is 5.92 Å². The maximum atomic E-state index is 4.25. The highest BCUT2D eigenvalue weighted by Crippen LogP contribution is 2.22. The summed E-state index contributed by atoms with van der Waals surface area (Å²) in [6.45, 7) is 2.34. The van der Waals surface area contributed by atoms with E-state index in [4.69, 9.17) is 0 Å². The number of hydrogen-bond donors (Lipinski definition) is 1. The van der Waals surface area contributed by atoms with Gasteiger partial charge in [-0.3, -0.25) is 4.98 Å². The van der Waals surface area contributed by atoms with E-state index in [1.54, 1.807) is 12.4 Å². The van der Waals surface area contributed by atoms with Crippen LogP contribution < -0.4 is 5.32 Å². The van der Waals surface area contributed by atoms with Crippen molar-refractivity contribution in [3.05, 3.63) is 18.6 Å². The monoisotopic (exact) mass is 209 g/mol. The molecular weight excluding hydrogens is 194 g/mol.